The third-order valence-electron chi connectivity index (χ3n) is 6.72. The summed E-state index contributed by atoms with van der Waals surface area (Å²) in [6, 6.07) is 11.6. The second-order valence-corrected chi connectivity index (χ2v) is 9.84. The maximum Gasteiger partial charge on any atom is 0.170 e. The molecular weight excluding hydrogens is 404 g/mol. The molecule has 0 heterocycles. The predicted octanol–water partition coefficient (Wildman–Crippen LogP) is 8.53. The van der Waals surface area contributed by atoms with Gasteiger partial charge >= 0.3 is 0 Å². The largest absolute Gasteiger partial charge is 0.399 e. The van der Waals surface area contributed by atoms with Crippen LogP contribution >= 0.6 is 0 Å². The standard InChI is InChI=1S/C30H46N2O/c1-4-5-6-7-8-9-10-11-12-13-14-15-16-29(28-18-17-26(31)21-24(28)3)30(33)25-19-23(2)20-27(32)22-25/h17-22,29H,4-16,31-32H2,1-3H3. The average Bonchev–Trinajstić information content (AvgIpc) is 2.77. The highest BCUT2D eigenvalue weighted by atomic mass is 16.1. The molecule has 0 radical (unpaired) electrons. The molecule has 33 heavy (non-hydrogen) atoms. The fraction of sp³-hybridized carbons (Fsp3) is 0.567. The van der Waals surface area contributed by atoms with Crippen LogP contribution in [0.5, 0.6) is 0 Å². The number of hydrogen-bond acceptors (Lipinski definition) is 3. The summed E-state index contributed by atoms with van der Waals surface area (Å²) >= 11 is 0. The number of ketones is 1. The van der Waals surface area contributed by atoms with E-state index in [1.807, 2.05) is 43.3 Å². The van der Waals surface area contributed by atoms with Crippen molar-refractivity contribution in [2.75, 3.05) is 11.5 Å². The van der Waals surface area contributed by atoms with Crippen LogP contribution in [0.1, 0.15) is 123 Å². The molecule has 0 aliphatic rings. The molecule has 0 bridgehead atoms. The Bertz CT molecular complexity index is 838. The van der Waals surface area contributed by atoms with Crippen molar-refractivity contribution < 1.29 is 4.79 Å². The molecule has 1 atom stereocenters. The number of anilines is 2. The van der Waals surface area contributed by atoms with Gasteiger partial charge in [-0.2, -0.15) is 0 Å². The van der Waals surface area contributed by atoms with Gasteiger partial charge in [-0.05, 0) is 67.3 Å². The molecule has 0 aliphatic carbocycles. The fourth-order valence-electron chi connectivity index (χ4n) is 4.86. The summed E-state index contributed by atoms with van der Waals surface area (Å²) in [5.74, 6) is 0.0243. The van der Waals surface area contributed by atoms with E-state index in [0.29, 0.717) is 11.3 Å². The zero-order valence-electron chi connectivity index (χ0n) is 21.3. The van der Waals surface area contributed by atoms with Crippen molar-refractivity contribution in [3.05, 3.63) is 58.7 Å². The van der Waals surface area contributed by atoms with E-state index in [2.05, 4.69) is 13.8 Å². The van der Waals surface area contributed by atoms with Gasteiger partial charge in [0.1, 0.15) is 0 Å². The molecule has 0 saturated carbocycles. The highest BCUT2D eigenvalue weighted by Gasteiger charge is 2.23. The number of carbonyl (C=O) groups is 1. The molecule has 0 amide bonds. The number of rotatable bonds is 16. The second-order valence-electron chi connectivity index (χ2n) is 9.84. The Morgan fingerprint density at radius 2 is 1.30 bits per heavy atom. The second kappa shape index (κ2) is 14.8. The SMILES string of the molecule is CCCCCCCCCCCCCCC(C(=O)c1cc(C)cc(N)c1)c1ccc(N)cc1C. The van der Waals surface area contributed by atoms with Crippen molar-refractivity contribution in [3.63, 3.8) is 0 Å². The topological polar surface area (TPSA) is 69.1 Å². The zero-order chi connectivity index (χ0) is 24.1. The number of unbranched alkanes of at least 4 members (excludes halogenated alkanes) is 11. The van der Waals surface area contributed by atoms with E-state index >= 15 is 0 Å². The van der Waals surface area contributed by atoms with E-state index in [9.17, 15) is 4.79 Å². The van der Waals surface area contributed by atoms with Gasteiger partial charge in [-0.15, -0.1) is 0 Å². The molecule has 0 fully saturated rings. The van der Waals surface area contributed by atoms with Gasteiger partial charge in [0.2, 0.25) is 0 Å². The predicted molar refractivity (Wildman–Crippen MR) is 144 cm³/mol. The Balaban J connectivity index is 1.86. The molecule has 4 N–H and O–H groups in total. The third kappa shape index (κ3) is 9.61. The van der Waals surface area contributed by atoms with Gasteiger partial charge in [0.25, 0.3) is 0 Å². The minimum atomic E-state index is -0.144. The van der Waals surface area contributed by atoms with Crippen molar-refractivity contribution in [1.82, 2.24) is 0 Å². The number of Topliss-reactive ketones (excluding diaryl/α,β-unsaturated/α-hetero) is 1. The number of nitrogens with two attached hydrogens (primary N) is 2. The molecule has 0 saturated heterocycles. The molecule has 182 valence electrons. The van der Waals surface area contributed by atoms with Gasteiger partial charge in [-0.25, -0.2) is 0 Å². The van der Waals surface area contributed by atoms with E-state index in [-0.39, 0.29) is 11.7 Å². The first-order valence-corrected chi connectivity index (χ1v) is 13.2. The number of nitrogen functional groups attached to an aromatic ring is 2. The molecule has 0 aromatic heterocycles. The van der Waals surface area contributed by atoms with Crippen LogP contribution in [0.3, 0.4) is 0 Å². The van der Waals surface area contributed by atoms with Gasteiger partial charge < -0.3 is 11.5 Å². The van der Waals surface area contributed by atoms with Gasteiger partial charge in [-0.1, -0.05) is 90.0 Å². The quantitative estimate of drug-likeness (QED) is 0.153. The molecule has 3 nitrogen and oxygen atoms in total. The molecule has 2 aromatic rings. The number of hydrogen-bond donors (Lipinski definition) is 2. The van der Waals surface area contributed by atoms with E-state index in [1.54, 1.807) is 0 Å². The molecule has 3 heteroatoms. The van der Waals surface area contributed by atoms with Crippen LogP contribution in [0, 0.1) is 13.8 Å². The Morgan fingerprint density at radius 1 is 0.727 bits per heavy atom. The lowest BCUT2D eigenvalue weighted by Gasteiger charge is -2.20. The van der Waals surface area contributed by atoms with Crippen molar-refractivity contribution in [2.24, 2.45) is 0 Å². The monoisotopic (exact) mass is 450 g/mol. The van der Waals surface area contributed by atoms with Crippen LogP contribution in [0.2, 0.25) is 0 Å². The summed E-state index contributed by atoms with van der Waals surface area (Å²) < 4.78 is 0. The summed E-state index contributed by atoms with van der Waals surface area (Å²) in [4.78, 5) is 13.5. The molecule has 2 aromatic carbocycles. The number of aryl methyl sites for hydroxylation is 2. The van der Waals surface area contributed by atoms with Crippen molar-refractivity contribution in [2.45, 2.75) is 110 Å². The minimum absolute atomic E-state index is 0.144. The molecule has 2 rings (SSSR count). The van der Waals surface area contributed by atoms with E-state index in [1.165, 1.54) is 70.6 Å². The molecule has 1 unspecified atom stereocenters. The smallest absolute Gasteiger partial charge is 0.170 e. The highest BCUT2D eigenvalue weighted by molar-refractivity contribution is 6.02. The Hall–Kier alpha value is -2.29. The lowest BCUT2D eigenvalue weighted by Crippen LogP contribution is -2.15. The van der Waals surface area contributed by atoms with Crippen LogP contribution in [0.4, 0.5) is 11.4 Å². The van der Waals surface area contributed by atoms with E-state index in [4.69, 9.17) is 11.5 Å². The van der Waals surface area contributed by atoms with Crippen molar-refractivity contribution in [3.8, 4) is 0 Å². The van der Waals surface area contributed by atoms with Gasteiger partial charge in [0, 0.05) is 22.9 Å². The average molecular weight is 451 g/mol. The molecule has 0 aliphatic heterocycles. The maximum atomic E-state index is 13.5. The highest BCUT2D eigenvalue weighted by Crippen LogP contribution is 2.31. The number of benzene rings is 2. The van der Waals surface area contributed by atoms with E-state index < -0.39 is 0 Å². The van der Waals surface area contributed by atoms with Crippen LogP contribution in [-0.2, 0) is 0 Å². The first-order chi connectivity index (χ1) is 15.9. The van der Waals surface area contributed by atoms with Gasteiger partial charge in [0.05, 0.1) is 0 Å². The van der Waals surface area contributed by atoms with Crippen molar-refractivity contribution in [1.29, 1.82) is 0 Å². The van der Waals surface area contributed by atoms with Crippen LogP contribution in [0.25, 0.3) is 0 Å². The van der Waals surface area contributed by atoms with Crippen LogP contribution in [0.15, 0.2) is 36.4 Å². The summed E-state index contributed by atoms with van der Waals surface area (Å²) in [6.07, 6.45) is 16.7. The Morgan fingerprint density at radius 3 is 1.85 bits per heavy atom. The molecular formula is C30H46N2O. The summed E-state index contributed by atoms with van der Waals surface area (Å²) in [6.45, 7) is 6.31. The van der Waals surface area contributed by atoms with Crippen LogP contribution < -0.4 is 11.5 Å². The Kier molecular flexibility index (Phi) is 12.1. The van der Waals surface area contributed by atoms with Crippen molar-refractivity contribution >= 4 is 17.2 Å². The zero-order valence-corrected chi connectivity index (χ0v) is 21.3. The summed E-state index contributed by atoms with van der Waals surface area (Å²) in [5, 5.41) is 0. The van der Waals surface area contributed by atoms with Crippen LogP contribution in [-0.4, -0.2) is 5.78 Å². The minimum Gasteiger partial charge on any atom is -0.399 e. The third-order valence-corrected chi connectivity index (χ3v) is 6.72. The molecule has 0 spiro atoms. The normalized spacial score (nSPS) is 12.1. The Labute approximate surface area is 202 Å². The maximum absolute atomic E-state index is 13.5. The first-order valence-electron chi connectivity index (χ1n) is 13.2. The summed E-state index contributed by atoms with van der Waals surface area (Å²) in [5.41, 5.74) is 17.3. The van der Waals surface area contributed by atoms with Gasteiger partial charge in [0.15, 0.2) is 5.78 Å². The lowest BCUT2D eigenvalue weighted by molar-refractivity contribution is 0.0953. The van der Waals surface area contributed by atoms with Gasteiger partial charge in [-0.3, -0.25) is 4.79 Å². The first kappa shape index (κ1) is 27.0. The fourth-order valence-corrected chi connectivity index (χ4v) is 4.86. The van der Waals surface area contributed by atoms with E-state index in [0.717, 1.165) is 35.2 Å². The number of carbonyl (C=O) groups excluding carboxylic acids is 1. The lowest BCUT2D eigenvalue weighted by atomic mass is 9.83. The summed E-state index contributed by atoms with van der Waals surface area (Å²) in [7, 11) is 0.